The summed E-state index contributed by atoms with van der Waals surface area (Å²) in [6.45, 7) is 2.14. The predicted molar refractivity (Wildman–Crippen MR) is 59.6 cm³/mol. The van der Waals surface area contributed by atoms with Gasteiger partial charge in [0.05, 0.1) is 12.6 Å². The van der Waals surface area contributed by atoms with Crippen LogP contribution in [0.5, 0.6) is 0 Å². The first-order valence-corrected chi connectivity index (χ1v) is 4.92. The molecule has 0 spiro atoms. The van der Waals surface area contributed by atoms with Crippen LogP contribution >= 0.6 is 0 Å². The summed E-state index contributed by atoms with van der Waals surface area (Å²) in [5.74, 6) is -0.125. The van der Waals surface area contributed by atoms with Crippen LogP contribution in [0.1, 0.15) is 6.92 Å². The normalized spacial score (nSPS) is 11.9. The quantitative estimate of drug-likeness (QED) is 0.664. The molecule has 0 heterocycles. The summed E-state index contributed by atoms with van der Waals surface area (Å²) in [6, 6.07) is 9.49. The molecule has 0 aliphatic carbocycles. The van der Waals surface area contributed by atoms with E-state index in [9.17, 15) is 4.79 Å². The zero-order chi connectivity index (χ0) is 11.1. The van der Waals surface area contributed by atoms with Crippen LogP contribution in [-0.2, 0) is 4.79 Å². The van der Waals surface area contributed by atoms with Crippen LogP contribution in [0.4, 0.5) is 5.69 Å². The Morgan fingerprint density at radius 1 is 1.40 bits per heavy atom. The molecule has 1 atom stereocenters. The van der Waals surface area contributed by atoms with Gasteiger partial charge >= 0.3 is 0 Å². The van der Waals surface area contributed by atoms with Crippen LogP contribution in [-0.4, -0.2) is 30.2 Å². The van der Waals surface area contributed by atoms with Crippen molar-refractivity contribution in [2.45, 2.75) is 13.0 Å². The standard InChI is InChI=1S/C11H16N2O2/c1-9(14)7-13-11(15)8-12-10-5-3-2-4-6-10/h2-6,9,12,14H,7-8H2,1H3,(H,13,15). The van der Waals surface area contributed by atoms with Gasteiger partial charge in [0.15, 0.2) is 0 Å². The summed E-state index contributed by atoms with van der Waals surface area (Å²) in [5.41, 5.74) is 0.907. The Hall–Kier alpha value is -1.55. The second kappa shape index (κ2) is 6.03. The smallest absolute Gasteiger partial charge is 0.239 e. The molecule has 0 aliphatic heterocycles. The zero-order valence-electron chi connectivity index (χ0n) is 8.73. The van der Waals surface area contributed by atoms with E-state index in [2.05, 4.69) is 10.6 Å². The summed E-state index contributed by atoms with van der Waals surface area (Å²) < 4.78 is 0. The highest BCUT2D eigenvalue weighted by atomic mass is 16.3. The lowest BCUT2D eigenvalue weighted by molar-refractivity contribution is -0.119. The number of anilines is 1. The number of carbonyl (C=O) groups is 1. The number of hydrogen-bond donors (Lipinski definition) is 3. The van der Waals surface area contributed by atoms with Gasteiger partial charge in [-0.2, -0.15) is 0 Å². The van der Waals surface area contributed by atoms with E-state index in [1.165, 1.54) is 0 Å². The molecule has 82 valence electrons. The van der Waals surface area contributed by atoms with E-state index in [1.54, 1.807) is 6.92 Å². The van der Waals surface area contributed by atoms with E-state index >= 15 is 0 Å². The number of aliphatic hydroxyl groups excluding tert-OH is 1. The van der Waals surface area contributed by atoms with Gasteiger partial charge in [-0.15, -0.1) is 0 Å². The van der Waals surface area contributed by atoms with Crippen molar-refractivity contribution in [3.05, 3.63) is 30.3 Å². The van der Waals surface area contributed by atoms with Crippen LogP contribution in [0.25, 0.3) is 0 Å². The largest absolute Gasteiger partial charge is 0.392 e. The fourth-order valence-corrected chi connectivity index (χ4v) is 1.06. The third kappa shape index (κ3) is 5.02. The van der Waals surface area contributed by atoms with Crippen LogP contribution in [0.2, 0.25) is 0 Å². The zero-order valence-corrected chi connectivity index (χ0v) is 8.73. The highest BCUT2D eigenvalue weighted by Gasteiger charge is 2.01. The number of benzene rings is 1. The Morgan fingerprint density at radius 2 is 2.07 bits per heavy atom. The van der Waals surface area contributed by atoms with E-state index in [1.807, 2.05) is 30.3 Å². The molecule has 0 bridgehead atoms. The highest BCUT2D eigenvalue weighted by molar-refractivity contribution is 5.80. The lowest BCUT2D eigenvalue weighted by Crippen LogP contribution is -2.34. The molecular weight excluding hydrogens is 192 g/mol. The van der Waals surface area contributed by atoms with Crippen LogP contribution in [0.3, 0.4) is 0 Å². The summed E-state index contributed by atoms with van der Waals surface area (Å²) in [5, 5.41) is 14.5. The molecule has 15 heavy (non-hydrogen) atoms. The van der Waals surface area contributed by atoms with Gasteiger partial charge in [-0.25, -0.2) is 0 Å². The fourth-order valence-electron chi connectivity index (χ4n) is 1.06. The summed E-state index contributed by atoms with van der Waals surface area (Å²) in [6.07, 6.45) is -0.509. The Labute approximate surface area is 89.3 Å². The Bertz CT molecular complexity index is 299. The molecule has 4 heteroatoms. The number of para-hydroxylation sites is 1. The number of hydrogen-bond acceptors (Lipinski definition) is 3. The third-order valence-corrected chi connectivity index (χ3v) is 1.82. The lowest BCUT2D eigenvalue weighted by Gasteiger charge is -2.08. The maximum Gasteiger partial charge on any atom is 0.239 e. The number of carbonyl (C=O) groups excluding carboxylic acids is 1. The maximum absolute atomic E-state index is 11.2. The average Bonchev–Trinajstić information content (AvgIpc) is 2.25. The lowest BCUT2D eigenvalue weighted by atomic mass is 10.3. The molecule has 0 saturated carbocycles. The topological polar surface area (TPSA) is 61.4 Å². The van der Waals surface area contributed by atoms with Gasteiger partial charge in [0.1, 0.15) is 0 Å². The second-order valence-electron chi connectivity index (χ2n) is 3.37. The summed E-state index contributed by atoms with van der Waals surface area (Å²) in [7, 11) is 0. The first kappa shape index (κ1) is 11.5. The maximum atomic E-state index is 11.2. The number of rotatable bonds is 5. The van der Waals surface area contributed by atoms with Crippen molar-refractivity contribution in [1.29, 1.82) is 0 Å². The van der Waals surface area contributed by atoms with Crippen molar-refractivity contribution >= 4 is 11.6 Å². The molecule has 0 radical (unpaired) electrons. The molecule has 1 aromatic rings. The van der Waals surface area contributed by atoms with Gasteiger partial charge in [-0.1, -0.05) is 18.2 Å². The van der Waals surface area contributed by atoms with E-state index in [-0.39, 0.29) is 19.0 Å². The molecule has 1 aromatic carbocycles. The minimum Gasteiger partial charge on any atom is -0.392 e. The van der Waals surface area contributed by atoms with E-state index in [4.69, 9.17) is 5.11 Å². The Morgan fingerprint density at radius 3 is 2.67 bits per heavy atom. The van der Waals surface area contributed by atoms with Gasteiger partial charge in [-0.3, -0.25) is 4.79 Å². The third-order valence-electron chi connectivity index (χ3n) is 1.82. The molecule has 1 rings (SSSR count). The number of aliphatic hydroxyl groups is 1. The van der Waals surface area contributed by atoms with Gasteiger partial charge in [0.2, 0.25) is 5.91 Å². The molecule has 3 N–H and O–H groups in total. The van der Waals surface area contributed by atoms with Crippen molar-refractivity contribution in [2.24, 2.45) is 0 Å². The van der Waals surface area contributed by atoms with Crippen molar-refractivity contribution in [3.63, 3.8) is 0 Å². The molecule has 0 aliphatic rings. The average molecular weight is 208 g/mol. The minimum absolute atomic E-state index is 0.125. The minimum atomic E-state index is -0.509. The second-order valence-corrected chi connectivity index (χ2v) is 3.37. The first-order valence-electron chi connectivity index (χ1n) is 4.92. The van der Waals surface area contributed by atoms with Crippen molar-refractivity contribution in [1.82, 2.24) is 5.32 Å². The van der Waals surface area contributed by atoms with E-state index < -0.39 is 6.10 Å². The SMILES string of the molecule is CC(O)CNC(=O)CNc1ccccc1. The van der Waals surface area contributed by atoms with Gasteiger partial charge in [0.25, 0.3) is 0 Å². The molecule has 0 fully saturated rings. The van der Waals surface area contributed by atoms with Crippen molar-refractivity contribution in [3.8, 4) is 0 Å². The number of nitrogens with one attached hydrogen (secondary N) is 2. The Kier molecular flexibility index (Phi) is 4.63. The molecular formula is C11H16N2O2. The molecule has 1 amide bonds. The van der Waals surface area contributed by atoms with Crippen LogP contribution in [0.15, 0.2) is 30.3 Å². The predicted octanol–water partition coefficient (Wildman–Crippen LogP) is 0.595. The van der Waals surface area contributed by atoms with Crippen LogP contribution in [0, 0.1) is 0 Å². The van der Waals surface area contributed by atoms with Crippen molar-refractivity contribution in [2.75, 3.05) is 18.4 Å². The molecule has 4 nitrogen and oxygen atoms in total. The monoisotopic (exact) mass is 208 g/mol. The molecule has 0 aromatic heterocycles. The molecule has 1 unspecified atom stereocenters. The Balaban J connectivity index is 2.23. The van der Waals surface area contributed by atoms with E-state index in [0.29, 0.717) is 0 Å². The highest BCUT2D eigenvalue weighted by Crippen LogP contribution is 2.03. The van der Waals surface area contributed by atoms with Gasteiger partial charge in [-0.05, 0) is 19.1 Å². The summed E-state index contributed by atoms with van der Waals surface area (Å²) >= 11 is 0. The molecule has 0 saturated heterocycles. The summed E-state index contributed by atoms with van der Waals surface area (Å²) in [4.78, 5) is 11.2. The van der Waals surface area contributed by atoms with Gasteiger partial charge in [0, 0.05) is 12.2 Å². The number of amides is 1. The van der Waals surface area contributed by atoms with Gasteiger partial charge < -0.3 is 15.7 Å². The van der Waals surface area contributed by atoms with Crippen molar-refractivity contribution < 1.29 is 9.90 Å². The van der Waals surface area contributed by atoms with Crippen LogP contribution < -0.4 is 10.6 Å². The first-order chi connectivity index (χ1) is 7.18. The fraction of sp³-hybridized carbons (Fsp3) is 0.364. The van der Waals surface area contributed by atoms with E-state index in [0.717, 1.165) is 5.69 Å².